The SMILES string of the molecule is C=C1C2CC3=C(C)C(C2)CC1C3. The van der Waals surface area contributed by atoms with Crippen LogP contribution in [0.3, 0.4) is 0 Å². The molecule has 0 aromatic carbocycles. The fraction of sp³-hybridized carbons (Fsp3) is 0.667. The molecule has 0 amide bonds. The quantitative estimate of drug-likeness (QED) is 0.477. The van der Waals surface area contributed by atoms with Crippen LogP contribution in [-0.2, 0) is 0 Å². The molecule has 0 radical (unpaired) electrons. The first-order valence-electron chi connectivity index (χ1n) is 5.13. The molecule has 4 aliphatic rings. The Morgan fingerprint density at radius 2 is 1.67 bits per heavy atom. The maximum Gasteiger partial charge on any atom is -0.0160 e. The molecule has 12 heavy (non-hydrogen) atoms. The predicted molar refractivity (Wildman–Crippen MR) is 50.8 cm³/mol. The van der Waals surface area contributed by atoms with E-state index >= 15 is 0 Å². The van der Waals surface area contributed by atoms with E-state index < -0.39 is 0 Å². The van der Waals surface area contributed by atoms with Crippen LogP contribution in [0.1, 0.15) is 32.6 Å². The Hall–Kier alpha value is -0.520. The van der Waals surface area contributed by atoms with Gasteiger partial charge >= 0.3 is 0 Å². The fourth-order valence-corrected chi connectivity index (χ4v) is 3.49. The normalized spacial score (nSPS) is 44.4. The third kappa shape index (κ3) is 0.688. The third-order valence-corrected chi connectivity index (χ3v) is 4.34. The molecule has 0 aromatic rings. The zero-order valence-corrected chi connectivity index (χ0v) is 7.77. The van der Waals surface area contributed by atoms with Crippen LogP contribution in [0, 0.1) is 17.8 Å². The lowest BCUT2D eigenvalue weighted by atomic mass is 9.57. The topological polar surface area (TPSA) is 0 Å². The highest BCUT2D eigenvalue weighted by Crippen LogP contribution is 2.55. The van der Waals surface area contributed by atoms with Crippen molar-refractivity contribution in [2.24, 2.45) is 17.8 Å². The van der Waals surface area contributed by atoms with Crippen molar-refractivity contribution in [2.75, 3.05) is 0 Å². The molecule has 4 bridgehead atoms. The Kier molecular flexibility index (Phi) is 1.18. The summed E-state index contributed by atoms with van der Waals surface area (Å²) in [7, 11) is 0. The molecular formula is C12H16. The summed E-state index contributed by atoms with van der Waals surface area (Å²) in [4.78, 5) is 0. The summed E-state index contributed by atoms with van der Waals surface area (Å²) in [5, 5.41) is 0. The van der Waals surface area contributed by atoms with Crippen molar-refractivity contribution < 1.29 is 0 Å². The Morgan fingerprint density at radius 1 is 1.08 bits per heavy atom. The van der Waals surface area contributed by atoms with Gasteiger partial charge in [0.1, 0.15) is 0 Å². The minimum Gasteiger partial charge on any atom is -0.0993 e. The predicted octanol–water partition coefficient (Wildman–Crippen LogP) is 3.31. The first-order valence-corrected chi connectivity index (χ1v) is 5.13. The van der Waals surface area contributed by atoms with Crippen LogP contribution in [0.4, 0.5) is 0 Å². The molecule has 0 nitrogen and oxygen atoms in total. The van der Waals surface area contributed by atoms with E-state index in [0.29, 0.717) is 0 Å². The van der Waals surface area contributed by atoms with Crippen molar-refractivity contribution in [1.82, 2.24) is 0 Å². The average Bonchev–Trinajstić information content (AvgIpc) is 2.02. The van der Waals surface area contributed by atoms with Crippen LogP contribution in [0.2, 0.25) is 0 Å². The first-order chi connectivity index (χ1) is 5.75. The van der Waals surface area contributed by atoms with E-state index in [0.717, 1.165) is 17.8 Å². The van der Waals surface area contributed by atoms with Crippen molar-refractivity contribution >= 4 is 0 Å². The number of hydrogen-bond acceptors (Lipinski definition) is 0. The van der Waals surface area contributed by atoms with Gasteiger partial charge in [-0.2, -0.15) is 0 Å². The van der Waals surface area contributed by atoms with Gasteiger partial charge in [-0.25, -0.2) is 0 Å². The molecule has 64 valence electrons. The van der Waals surface area contributed by atoms with Gasteiger partial charge in [-0.1, -0.05) is 23.3 Å². The highest BCUT2D eigenvalue weighted by atomic mass is 14.5. The molecule has 4 rings (SSSR count). The van der Waals surface area contributed by atoms with E-state index in [4.69, 9.17) is 0 Å². The van der Waals surface area contributed by atoms with Crippen LogP contribution in [0.25, 0.3) is 0 Å². The zero-order valence-electron chi connectivity index (χ0n) is 7.77. The molecule has 2 unspecified atom stereocenters. The summed E-state index contributed by atoms with van der Waals surface area (Å²) in [5.41, 5.74) is 5.12. The Labute approximate surface area is 74.4 Å². The molecule has 4 aliphatic carbocycles. The summed E-state index contributed by atoms with van der Waals surface area (Å²) in [5.74, 6) is 2.70. The summed E-state index contributed by atoms with van der Waals surface area (Å²) in [6.45, 7) is 6.62. The van der Waals surface area contributed by atoms with Gasteiger partial charge in [0.15, 0.2) is 0 Å². The molecule has 0 heteroatoms. The standard InChI is InChI=1S/C12H16/c1-7-9-3-11-5-10(7)6-12(4-9)8(11)2/h9-11H,1,3-6H2,2H3. The van der Waals surface area contributed by atoms with Gasteiger partial charge in [0.05, 0.1) is 0 Å². The van der Waals surface area contributed by atoms with Gasteiger partial charge in [-0.15, -0.1) is 0 Å². The van der Waals surface area contributed by atoms with Gasteiger partial charge in [0.25, 0.3) is 0 Å². The van der Waals surface area contributed by atoms with E-state index in [-0.39, 0.29) is 0 Å². The molecule has 0 spiro atoms. The fourth-order valence-electron chi connectivity index (χ4n) is 3.49. The second-order valence-electron chi connectivity index (χ2n) is 4.83. The van der Waals surface area contributed by atoms with E-state index in [9.17, 15) is 0 Å². The van der Waals surface area contributed by atoms with Crippen LogP contribution >= 0.6 is 0 Å². The number of allylic oxidation sites excluding steroid dienone is 3. The van der Waals surface area contributed by atoms with Gasteiger partial charge in [0.2, 0.25) is 0 Å². The van der Waals surface area contributed by atoms with Crippen LogP contribution in [0.15, 0.2) is 23.3 Å². The Bertz CT molecular complexity index is 262. The zero-order chi connectivity index (χ0) is 8.29. The lowest BCUT2D eigenvalue weighted by Gasteiger charge is -2.48. The van der Waals surface area contributed by atoms with Gasteiger partial charge in [-0.3, -0.25) is 0 Å². The number of rotatable bonds is 0. The minimum atomic E-state index is 0.876. The number of hydrogen-bond donors (Lipinski definition) is 0. The molecule has 2 atom stereocenters. The molecule has 0 heterocycles. The summed E-state index contributed by atoms with van der Waals surface area (Å²) >= 11 is 0. The largest absolute Gasteiger partial charge is 0.0993 e. The molecule has 2 saturated carbocycles. The third-order valence-electron chi connectivity index (χ3n) is 4.34. The Balaban J connectivity index is 2.10. The smallest absolute Gasteiger partial charge is 0.0160 e. The van der Waals surface area contributed by atoms with Gasteiger partial charge in [0, 0.05) is 0 Å². The van der Waals surface area contributed by atoms with Crippen LogP contribution in [-0.4, -0.2) is 0 Å². The minimum absolute atomic E-state index is 0.876. The van der Waals surface area contributed by atoms with Crippen molar-refractivity contribution in [3.63, 3.8) is 0 Å². The molecule has 0 N–H and O–H groups in total. The second kappa shape index (κ2) is 2.04. The van der Waals surface area contributed by atoms with Crippen molar-refractivity contribution in [3.05, 3.63) is 23.3 Å². The van der Waals surface area contributed by atoms with E-state index in [1.165, 1.54) is 25.7 Å². The monoisotopic (exact) mass is 160 g/mol. The van der Waals surface area contributed by atoms with Crippen molar-refractivity contribution in [3.8, 4) is 0 Å². The molecule has 0 aromatic heterocycles. The highest BCUT2D eigenvalue weighted by Gasteiger charge is 2.42. The second-order valence-corrected chi connectivity index (χ2v) is 4.83. The van der Waals surface area contributed by atoms with Crippen molar-refractivity contribution in [1.29, 1.82) is 0 Å². The molecular weight excluding hydrogens is 144 g/mol. The summed E-state index contributed by atoms with van der Waals surface area (Å²) < 4.78 is 0. The van der Waals surface area contributed by atoms with Gasteiger partial charge in [-0.05, 0) is 50.4 Å². The van der Waals surface area contributed by atoms with Crippen molar-refractivity contribution in [2.45, 2.75) is 32.6 Å². The molecule has 0 aliphatic heterocycles. The maximum absolute atomic E-state index is 4.26. The lowest BCUT2D eigenvalue weighted by Crippen LogP contribution is -2.36. The Morgan fingerprint density at radius 3 is 2.17 bits per heavy atom. The van der Waals surface area contributed by atoms with E-state index in [1.54, 1.807) is 16.7 Å². The maximum atomic E-state index is 4.26. The van der Waals surface area contributed by atoms with E-state index in [1.807, 2.05) is 0 Å². The van der Waals surface area contributed by atoms with Gasteiger partial charge < -0.3 is 0 Å². The average molecular weight is 160 g/mol. The lowest BCUT2D eigenvalue weighted by molar-refractivity contribution is 0.232. The van der Waals surface area contributed by atoms with E-state index in [2.05, 4.69) is 13.5 Å². The first kappa shape index (κ1) is 6.94. The molecule has 2 fully saturated rings. The van der Waals surface area contributed by atoms with Crippen LogP contribution < -0.4 is 0 Å². The summed E-state index contributed by atoms with van der Waals surface area (Å²) in [6, 6.07) is 0. The summed E-state index contributed by atoms with van der Waals surface area (Å²) in [6.07, 6.45) is 5.56. The molecule has 0 saturated heterocycles. The highest BCUT2D eigenvalue weighted by molar-refractivity contribution is 5.34. The van der Waals surface area contributed by atoms with Crippen LogP contribution in [0.5, 0.6) is 0 Å².